The zero-order valence-electron chi connectivity index (χ0n) is 15.2. The maximum Gasteiger partial charge on any atom is 0.282 e. The van der Waals surface area contributed by atoms with Crippen molar-refractivity contribution >= 4 is 22.4 Å². The predicted molar refractivity (Wildman–Crippen MR) is 106 cm³/mol. The third kappa shape index (κ3) is 4.61. The van der Waals surface area contributed by atoms with Gasteiger partial charge in [-0.25, -0.2) is 0 Å². The smallest absolute Gasteiger partial charge is 0.282 e. The van der Waals surface area contributed by atoms with Crippen LogP contribution in [0.25, 0.3) is 10.8 Å². The van der Waals surface area contributed by atoms with E-state index in [-0.39, 0.29) is 11.9 Å². The van der Waals surface area contributed by atoms with Crippen molar-refractivity contribution in [3.05, 3.63) is 72.8 Å². The molecule has 0 saturated heterocycles. The van der Waals surface area contributed by atoms with Gasteiger partial charge in [-0.15, -0.1) is 0 Å². The maximum absolute atomic E-state index is 12.6. The number of carbonyl (C=O) groups excluding carboxylic acids is 1. The highest BCUT2D eigenvalue weighted by Gasteiger charge is 2.21. The van der Waals surface area contributed by atoms with Crippen molar-refractivity contribution in [3.8, 4) is 5.75 Å². The van der Waals surface area contributed by atoms with Gasteiger partial charge in [-0.1, -0.05) is 48.5 Å². The first-order chi connectivity index (χ1) is 12.6. The van der Waals surface area contributed by atoms with Crippen LogP contribution in [-0.2, 0) is 4.79 Å². The van der Waals surface area contributed by atoms with Gasteiger partial charge in [0.1, 0.15) is 18.9 Å². The summed E-state index contributed by atoms with van der Waals surface area (Å²) in [5.74, 6) is 0.867. The van der Waals surface area contributed by atoms with Crippen LogP contribution in [0.5, 0.6) is 5.75 Å². The lowest BCUT2D eigenvalue weighted by molar-refractivity contribution is -0.894. The molecule has 4 heteroatoms. The molecule has 0 fully saturated rings. The third-order valence-electron chi connectivity index (χ3n) is 4.66. The van der Waals surface area contributed by atoms with Crippen molar-refractivity contribution < 1.29 is 14.4 Å². The Morgan fingerprint density at radius 3 is 2.46 bits per heavy atom. The van der Waals surface area contributed by atoms with Gasteiger partial charge in [0.25, 0.3) is 5.91 Å². The van der Waals surface area contributed by atoms with E-state index in [1.165, 1.54) is 5.39 Å². The Hall–Kier alpha value is -2.85. The molecule has 0 aliphatic carbocycles. The van der Waals surface area contributed by atoms with Crippen LogP contribution in [0, 0.1) is 0 Å². The molecule has 4 nitrogen and oxygen atoms in total. The number of benzene rings is 3. The second-order valence-electron chi connectivity index (χ2n) is 6.53. The van der Waals surface area contributed by atoms with E-state index in [1.54, 1.807) is 0 Å². The average molecular weight is 349 g/mol. The summed E-state index contributed by atoms with van der Waals surface area (Å²) in [5.41, 5.74) is 0.828. The molecule has 0 aliphatic heterocycles. The summed E-state index contributed by atoms with van der Waals surface area (Å²) in [7, 11) is 2.01. The molecule has 3 aromatic rings. The highest BCUT2D eigenvalue weighted by molar-refractivity contribution is 5.96. The van der Waals surface area contributed by atoms with Crippen LogP contribution in [0.3, 0.4) is 0 Å². The second-order valence-corrected chi connectivity index (χ2v) is 6.53. The van der Waals surface area contributed by atoms with E-state index < -0.39 is 0 Å². The predicted octanol–water partition coefficient (Wildman–Crippen LogP) is 2.76. The van der Waals surface area contributed by atoms with Crippen molar-refractivity contribution in [3.63, 3.8) is 0 Å². The van der Waals surface area contributed by atoms with Crippen LogP contribution in [0.1, 0.15) is 6.92 Å². The van der Waals surface area contributed by atoms with Crippen molar-refractivity contribution in [1.29, 1.82) is 0 Å². The van der Waals surface area contributed by atoms with Crippen LogP contribution in [0.15, 0.2) is 72.8 Å². The summed E-state index contributed by atoms with van der Waals surface area (Å²) in [5, 5.41) is 5.31. The van der Waals surface area contributed by atoms with Crippen LogP contribution >= 0.6 is 0 Å². The number of carbonyl (C=O) groups is 1. The van der Waals surface area contributed by atoms with Crippen LogP contribution in [0.4, 0.5) is 5.69 Å². The number of amides is 1. The number of hydrogen-bond donors (Lipinski definition) is 2. The number of nitrogens with one attached hydrogen (secondary N) is 2. The molecule has 1 unspecified atom stereocenters. The van der Waals surface area contributed by atoms with E-state index in [0.29, 0.717) is 6.61 Å². The van der Waals surface area contributed by atoms with Gasteiger partial charge < -0.3 is 15.0 Å². The van der Waals surface area contributed by atoms with Crippen LogP contribution < -0.4 is 15.0 Å². The first-order valence-electron chi connectivity index (χ1n) is 8.93. The lowest BCUT2D eigenvalue weighted by atomic mass is 10.1. The van der Waals surface area contributed by atoms with Gasteiger partial charge in [0.2, 0.25) is 0 Å². The van der Waals surface area contributed by atoms with E-state index in [2.05, 4.69) is 11.4 Å². The van der Waals surface area contributed by atoms with E-state index in [0.717, 1.165) is 28.3 Å². The molecule has 2 N–H and O–H groups in total. The van der Waals surface area contributed by atoms with E-state index in [9.17, 15) is 4.79 Å². The van der Waals surface area contributed by atoms with Gasteiger partial charge in [0, 0.05) is 5.69 Å². The van der Waals surface area contributed by atoms with Crippen molar-refractivity contribution in [2.45, 2.75) is 13.0 Å². The molecule has 26 heavy (non-hydrogen) atoms. The molecule has 0 bridgehead atoms. The van der Waals surface area contributed by atoms with Gasteiger partial charge in [-0.05, 0) is 42.0 Å². The standard InChI is InChI=1S/C22H24N2O2/c1-17(24(2)14-15-26-21-10-4-3-5-11-21)22(25)23-20-13-12-18-8-6-7-9-19(18)16-20/h3-13,16-17H,14-15H2,1-2H3,(H,23,25)/p+1/t17-/m1/s1. The number of para-hydroxylation sites is 1. The number of ether oxygens (including phenoxy) is 1. The lowest BCUT2D eigenvalue weighted by Gasteiger charge is -2.21. The fraction of sp³-hybridized carbons (Fsp3) is 0.227. The number of anilines is 1. The monoisotopic (exact) mass is 349 g/mol. The molecule has 0 saturated carbocycles. The van der Waals surface area contributed by atoms with Crippen molar-refractivity contribution in [2.75, 3.05) is 25.5 Å². The van der Waals surface area contributed by atoms with Gasteiger partial charge in [0.05, 0.1) is 7.05 Å². The topological polar surface area (TPSA) is 42.8 Å². The van der Waals surface area contributed by atoms with E-state index in [4.69, 9.17) is 4.74 Å². The molecule has 0 radical (unpaired) electrons. The zero-order chi connectivity index (χ0) is 18.4. The van der Waals surface area contributed by atoms with Gasteiger partial charge in [-0.3, -0.25) is 4.79 Å². The molecular formula is C22H25N2O2+. The molecule has 1 amide bonds. The largest absolute Gasteiger partial charge is 0.488 e. The summed E-state index contributed by atoms with van der Waals surface area (Å²) < 4.78 is 5.72. The molecule has 0 heterocycles. The second kappa shape index (κ2) is 8.50. The minimum Gasteiger partial charge on any atom is -0.488 e. The number of quaternary nitrogens is 1. The minimum absolute atomic E-state index is 0.0116. The van der Waals surface area contributed by atoms with Crippen molar-refractivity contribution in [1.82, 2.24) is 0 Å². The number of rotatable bonds is 7. The fourth-order valence-electron chi connectivity index (χ4n) is 2.80. The maximum atomic E-state index is 12.6. The number of likely N-dealkylation sites (N-methyl/N-ethyl adjacent to an activating group) is 1. The van der Waals surface area contributed by atoms with Gasteiger partial charge >= 0.3 is 0 Å². The van der Waals surface area contributed by atoms with E-state index >= 15 is 0 Å². The minimum atomic E-state index is -0.166. The Balaban J connectivity index is 1.52. The van der Waals surface area contributed by atoms with Crippen LogP contribution in [0.2, 0.25) is 0 Å². The molecule has 0 spiro atoms. The summed E-state index contributed by atoms with van der Waals surface area (Å²) in [6.07, 6.45) is 0. The number of fused-ring (bicyclic) bond motifs is 1. The highest BCUT2D eigenvalue weighted by atomic mass is 16.5. The molecule has 134 valence electrons. The third-order valence-corrected chi connectivity index (χ3v) is 4.66. The van der Waals surface area contributed by atoms with Gasteiger partial charge in [-0.2, -0.15) is 0 Å². The number of hydrogen-bond acceptors (Lipinski definition) is 2. The van der Waals surface area contributed by atoms with Crippen LogP contribution in [-0.4, -0.2) is 32.1 Å². The molecule has 0 aliphatic rings. The average Bonchev–Trinajstić information content (AvgIpc) is 2.68. The molecule has 0 aromatic heterocycles. The quantitative estimate of drug-likeness (QED) is 0.689. The normalized spacial score (nSPS) is 13.2. The Labute approximate surface area is 154 Å². The Bertz CT molecular complexity index is 864. The SMILES string of the molecule is C[C@H](C(=O)Nc1ccc2ccccc2c1)[NH+](C)CCOc1ccccc1. The molecule has 3 aromatic carbocycles. The Morgan fingerprint density at radius 1 is 1.00 bits per heavy atom. The zero-order valence-corrected chi connectivity index (χ0v) is 15.2. The van der Waals surface area contributed by atoms with Gasteiger partial charge in [0.15, 0.2) is 6.04 Å². The summed E-state index contributed by atoms with van der Waals surface area (Å²) in [4.78, 5) is 13.7. The lowest BCUT2D eigenvalue weighted by Crippen LogP contribution is -3.14. The van der Waals surface area contributed by atoms with Crippen molar-refractivity contribution in [2.24, 2.45) is 0 Å². The highest BCUT2D eigenvalue weighted by Crippen LogP contribution is 2.18. The first-order valence-corrected chi connectivity index (χ1v) is 8.93. The molecule has 3 rings (SSSR count). The Kier molecular flexibility index (Phi) is 5.87. The Morgan fingerprint density at radius 2 is 1.69 bits per heavy atom. The first kappa shape index (κ1) is 18.0. The van der Waals surface area contributed by atoms with E-state index in [1.807, 2.05) is 80.7 Å². The summed E-state index contributed by atoms with van der Waals surface area (Å²) in [6, 6.07) is 23.7. The fourth-order valence-corrected chi connectivity index (χ4v) is 2.80. The molecular weight excluding hydrogens is 324 g/mol. The summed E-state index contributed by atoms with van der Waals surface area (Å²) in [6.45, 7) is 3.26. The summed E-state index contributed by atoms with van der Waals surface area (Å²) >= 11 is 0. The molecule has 2 atom stereocenters.